The maximum Gasteiger partial charge on any atom is 0.241 e. The van der Waals surface area contributed by atoms with E-state index < -0.39 is 10.0 Å². The van der Waals surface area contributed by atoms with Crippen molar-refractivity contribution < 1.29 is 18.3 Å². The van der Waals surface area contributed by atoms with Crippen molar-refractivity contribution in [3.63, 3.8) is 0 Å². The van der Waals surface area contributed by atoms with Crippen LogP contribution in [0.25, 0.3) is 0 Å². The minimum absolute atomic E-state index is 0.102. The van der Waals surface area contributed by atoms with Crippen molar-refractivity contribution in [3.8, 4) is 0 Å². The minimum Gasteiger partial charge on any atom is -0.392 e. The van der Waals surface area contributed by atoms with Crippen LogP contribution in [0.3, 0.4) is 0 Å². The van der Waals surface area contributed by atoms with Crippen LogP contribution < -0.4 is 4.72 Å². The molecule has 1 aliphatic carbocycles. The summed E-state index contributed by atoms with van der Waals surface area (Å²) in [7, 11) is -1.96. The molecule has 1 fully saturated rings. The monoisotopic (exact) mass is 363 g/mol. The Morgan fingerprint density at radius 1 is 1.45 bits per heavy atom. The smallest absolute Gasteiger partial charge is 0.241 e. The molecule has 0 heterocycles. The van der Waals surface area contributed by atoms with Gasteiger partial charge in [0.05, 0.1) is 17.6 Å². The third-order valence-corrected chi connectivity index (χ3v) is 6.02. The van der Waals surface area contributed by atoms with Crippen LogP contribution in [0, 0.1) is 0 Å². The van der Waals surface area contributed by atoms with E-state index in [1.165, 1.54) is 6.07 Å². The Kier molecular flexibility index (Phi) is 5.19. The molecule has 0 amide bonds. The molecule has 112 valence electrons. The van der Waals surface area contributed by atoms with Crippen LogP contribution in [0.5, 0.6) is 0 Å². The third kappa shape index (κ3) is 3.59. The molecule has 0 aliphatic heterocycles. The van der Waals surface area contributed by atoms with Crippen LogP contribution in [-0.4, -0.2) is 32.8 Å². The summed E-state index contributed by atoms with van der Waals surface area (Å²) in [6.07, 6.45) is 2.44. The summed E-state index contributed by atoms with van der Waals surface area (Å²) in [5.74, 6) is 0. The second-order valence-corrected chi connectivity index (χ2v) is 7.45. The molecule has 1 aromatic rings. The van der Waals surface area contributed by atoms with Crippen LogP contribution in [0.4, 0.5) is 0 Å². The van der Waals surface area contributed by atoms with Crippen molar-refractivity contribution >= 4 is 26.0 Å². The highest BCUT2D eigenvalue weighted by Gasteiger charge is 2.29. The number of aliphatic hydroxyl groups is 1. The zero-order valence-corrected chi connectivity index (χ0v) is 13.6. The summed E-state index contributed by atoms with van der Waals surface area (Å²) in [6, 6.07) is 4.69. The molecule has 2 N–H and O–H groups in total. The third-order valence-electron chi connectivity index (χ3n) is 3.51. The van der Waals surface area contributed by atoms with Gasteiger partial charge in [-0.3, -0.25) is 0 Å². The number of ether oxygens (including phenoxy) is 1. The van der Waals surface area contributed by atoms with Crippen LogP contribution >= 0.6 is 15.9 Å². The van der Waals surface area contributed by atoms with E-state index in [0.29, 0.717) is 16.5 Å². The van der Waals surface area contributed by atoms with Crippen molar-refractivity contribution in [1.82, 2.24) is 4.72 Å². The molecule has 20 heavy (non-hydrogen) atoms. The number of halogens is 1. The molecule has 1 aliphatic rings. The van der Waals surface area contributed by atoms with Gasteiger partial charge in [-0.05, 0) is 52.9 Å². The number of hydrogen-bond acceptors (Lipinski definition) is 4. The average molecular weight is 364 g/mol. The van der Waals surface area contributed by atoms with Crippen molar-refractivity contribution in [3.05, 3.63) is 28.2 Å². The van der Waals surface area contributed by atoms with Crippen LogP contribution in [0.2, 0.25) is 0 Å². The van der Waals surface area contributed by atoms with E-state index in [4.69, 9.17) is 9.84 Å². The lowest BCUT2D eigenvalue weighted by molar-refractivity contribution is 0.107. The molecule has 0 saturated heterocycles. The van der Waals surface area contributed by atoms with Gasteiger partial charge in [0.15, 0.2) is 0 Å². The van der Waals surface area contributed by atoms with E-state index in [0.717, 1.165) is 12.8 Å². The normalized spacial score (nSPS) is 23.1. The first-order valence-electron chi connectivity index (χ1n) is 6.40. The fourth-order valence-corrected chi connectivity index (χ4v) is 4.69. The Hall–Kier alpha value is -0.470. The SMILES string of the molecule is COC1CCC(NS(=O)(=O)c2cc(CO)ccc2Br)C1. The summed E-state index contributed by atoms with van der Waals surface area (Å²) >= 11 is 3.24. The maximum atomic E-state index is 12.4. The van der Waals surface area contributed by atoms with E-state index in [9.17, 15) is 8.42 Å². The molecule has 7 heteroatoms. The Bertz CT molecular complexity index is 576. The number of hydrogen-bond donors (Lipinski definition) is 2. The molecule has 1 saturated carbocycles. The van der Waals surface area contributed by atoms with Gasteiger partial charge in [0.2, 0.25) is 10.0 Å². The molecule has 0 spiro atoms. The average Bonchev–Trinajstić information content (AvgIpc) is 2.86. The molecule has 1 aromatic carbocycles. The van der Waals surface area contributed by atoms with Gasteiger partial charge in [0, 0.05) is 17.6 Å². The fourth-order valence-electron chi connectivity index (χ4n) is 2.40. The van der Waals surface area contributed by atoms with E-state index in [2.05, 4.69) is 20.7 Å². The van der Waals surface area contributed by atoms with Gasteiger partial charge in [-0.15, -0.1) is 0 Å². The standard InChI is InChI=1S/C13H18BrNO4S/c1-19-11-4-3-10(7-11)15-20(17,18)13-6-9(8-16)2-5-12(13)14/h2,5-6,10-11,15-16H,3-4,7-8H2,1H3. The first-order chi connectivity index (χ1) is 9.46. The van der Waals surface area contributed by atoms with Gasteiger partial charge in [-0.25, -0.2) is 13.1 Å². The largest absolute Gasteiger partial charge is 0.392 e. The fraction of sp³-hybridized carbons (Fsp3) is 0.538. The number of methoxy groups -OCH3 is 1. The quantitative estimate of drug-likeness (QED) is 0.835. The van der Waals surface area contributed by atoms with Crippen LogP contribution in [0.1, 0.15) is 24.8 Å². The summed E-state index contributed by atoms with van der Waals surface area (Å²) in [4.78, 5) is 0.157. The molecule has 2 unspecified atom stereocenters. The Morgan fingerprint density at radius 3 is 2.80 bits per heavy atom. The highest BCUT2D eigenvalue weighted by Crippen LogP contribution is 2.27. The predicted octanol–water partition coefficient (Wildman–Crippen LogP) is 1.79. The number of aliphatic hydroxyl groups excluding tert-OH is 1. The highest BCUT2D eigenvalue weighted by molar-refractivity contribution is 9.10. The Morgan fingerprint density at radius 2 is 2.20 bits per heavy atom. The molecule has 0 bridgehead atoms. The second kappa shape index (κ2) is 6.53. The number of rotatable bonds is 5. The van der Waals surface area contributed by atoms with E-state index >= 15 is 0 Å². The predicted molar refractivity (Wildman–Crippen MR) is 78.8 cm³/mol. The first kappa shape index (κ1) is 15.9. The number of nitrogens with one attached hydrogen (secondary N) is 1. The van der Waals surface area contributed by atoms with Gasteiger partial charge in [-0.2, -0.15) is 0 Å². The molecule has 0 aromatic heterocycles. The molecule has 5 nitrogen and oxygen atoms in total. The van der Waals surface area contributed by atoms with E-state index in [-0.39, 0.29) is 23.6 Å². The Balaban J connectivity index is 2.18. The van der Waals surface area contributed by atoms with Gasteiger partial charge >= 0.3 is 0 Å². The highest BCUT2D eigenvalue weighted by atomic mass is 79.9. The molecule has 0 radical (unpaired) electrons. The zero-order valence-electron chi connectivity index (χ0n) is 11.2. The summed E-state index contributed by atoms with van der Waals surface area (Å²) in [5.41, 5.74) is 0.565. The summed E-state index contributed by atoms with van der Waals surface area (Å²) < 4.78 is 33.3. The van der Waals surface area contributed by atoms with E-state index in [1.54, 1.807) is 19.2 Å². The number of sulfonamides is 1. The van der Waals surface area contributed by atoms with E-state index in [1.807, 2.05) is 0 Å². The topological polar surface area (TPSA) is 75.6 Å². The van der Waals surface area contributed by atoms with Crippen molar-refractivity contribution in [2.24, 2.45) is 0 Å². The van der Waals surface area contributed by atoms with Crippen molar-refractivity contribution in [1.29, 1.82) is 0 Å². The molecular formula is C13H18BrNO4S. The van der Waals surface area contributed by atoms with Crippen molar-refractivity contribution in [2.45, 2.75) is 42.9 Å². The maximum absolute atomic E-state index is 12.4. The minimum atomic E-state index is -3.60. The number of benzene rings is 1. The van der Waals surface area contributed by atoms with Crippen LogP contribution in [-0.2, 0) is 21.4 Å². The Labute approximate surface area is 127 Å². The zero-order chi connectivity index (χ0) is 14.8. The lowest BCUT2D eigenvalue weighted by atomic mass is 10.2. The lowest BCUT2D eigenvalue weighted by Crippen LogP contribution is -2.33. The molecule has 2 rings (SSSR count). The molecule has 2 atom stereocenters. The van der Waals surface area contributed by atoms with Gasteiger partial charge < -0.3 is 9.84 Å². The van der Waals surface area contributed by atoms with Gasteiger partial charge in [-0.1, -0.05) is 6.07 Å². The van der Waals surface area contributed by atoms with Gasteiger partial charge in [0.25, 0.3) is 0 Å². The first-order valence-corrected chi connectivity index (χ1v) is 8.68. The summed E-state index contributed by atoms with van der Waals surface area (Å²) in [6.45, 7) is -0.190. The summed E-state index contributed by atoms with van der Waals surface area (Å²) in [5, 5.41) is 9.12. The van der Waals surface area contributed by atoms with Crippen LogP contribution in [0.15, 0.2) is 27.6 Å². The molecular weight excluding hydrogens is 346 g/mol. The second-order valence-electron chi connectivity index (χ2n) is 4.91. The van der Waals surface area contributed by atoms with Crippen molar-refractivity contribution in [2.75, 3.05) is 7.11 Å². The van der Waals surface area contributed by atoms with Gasteiger partial charge in [0.1, 0.15) is 0 Å². The lowest BCUT2D eigenvalue weighted by Gasteiger charge is -2.15.